The third kappa shape index (κ3) is 5.72. The maximum atomic E-state index is 12.0. The van der Waals surface area contributed by atoms with Crippen LogP contribution in [0.25, 0.3) is 0 Å². The Hall–Kier alpha value is -0.883. The fraction of sp³-hybridized carbons (Fsp3) is 0.875. The first kappa shape index (κ1) is 21.1. The number of aliphatic carboxylic acids is 1. The molecule has 130 valence electrons. The fourth-order valence-corrected chi connectivity index (χ4v) is 5.63. The number of carboxylic acid groups (broad SMARTS) is 1. The highest BCUT2D eigenvalue weighted by Gasteiger charge is 2.47. The van der Waals surface area contributed by atoms with Crippen molar-refractivity contribution in [2.45, 2.75) is 77.6 Å². The van der Waals surface area contributed by atoms with E-state index < -0.39 is 25.9 Å². The second kappa shape index (κ2) is 9.30. The van der Waals surface area contributed by atoms with Gasteiger partial charge in [-0.15, -0.1) is 0 Å². The number of carboxylic acids is 1. The molecule has 0 saturated heterocycles. The molecule has 0 aromatic heterocycles. The zero-order valence-electron chi connectivity index (χ0n) is 14.9. The molecule has 0 amide bonds. The molecule has 0 fully saturated rings. The normalized spacial score (nSPS) is 14.7. The van der Waals surface area contributed by atoms with Crippen LogP contribution in [0.2, 0.25) is 18.1 Å². The van der Waals surface area contributed by atoms with E-state index in [0.717, 1.165) is 18.1 Å². The predicted molar refractivity (Wildman–Crippen MR) is 89.4 cm³/mol. The van der Waals surface area contributed by atoms with Crippen LogP contribution in [0.4, 0.5) is 0 Å². The summed E-state index contributed by atoms with van der Waals surface area (Å²) >= 11 is 0. The number of carbonyl (C=O) groups excluding carboxylic acids is 1. The number of esters is 1. The molecule has 0 aliphatic rings. The average Bonchev–Trinajstić information content (AvgIpc) is 2.49. The van der Waals surface area contributed by atoms with Crippen LogP contribution in [0, 0.1) is 5.92 Å². The van der Waals surface area contributed by atoms with Gasteiger partial charge in [-0.25, -0.2) is 4.79 Å². The molecule has 0 aromatic carbocycles. The van der Waals surface area contributed by atoms with Gasteiger partial charge < -0.3 is 14.3 Å². The minimum absolute atomic E-state index is 0.222. The smallest absolute Gasteiger partial charge is 0.335 e. The lowest BCUT2D eigenvalue weighted by atomic mass is 9.90. The first-order chi connectivity index (χ1) is 10.2. The second-order valence-corrected chi connectivity index (χ2v) is 11.0. The highest BCUT2D eigenvalue weighted by Crippen LogP contribution is 2.34. The maximum absolute atomic E-state index is 12.0. The fourth-order valence-electron chi connectivity index (χ4n) is 2.61. The summed E-state index contributed by atoms with van der Waals surface area (Å²) in [7, 11) is -0.877. The zero-order valence-corrected chi connectivity index (χ0v) is 15.9. The van der Waals surface area contributed by atoms with E-state index in [1.807, 2.05) is 34.6 Å². The molecule has 5 nitrogen and oxygen atoms in total. The number of hydrogen-bond donors (Lipinski definition) is 1. The first-order valence-corrected chi connectivity index (χ1v) is 10.7. The van der Waals surface area contributed by atoms with Crippen LogP contribution in [-0.4, -0.2) is 38.1 Å². The first-order valence-electron chi connectivity index (χ1n) is 8.21. The largest absolute Gasteiger partial charge is 0.479 e. The molecular weight excluding hydrogens is 300 g/mol. The highest BCUT2D eigenvalue weighted by molar-refractivity contribution is 6.73. The standard InChI is InChI=1S/C16H32O5Si/c1-7-22(8-2,9-3)21-16(15(18)19,11-10-13(4)5)12-14(17)20-6/h13H,7-12H2,1-6H3,(H,18,19). The predicted octanol–water partition coefficient (Wildman–Crippen LogP) is 3.83. The molecule has 0 aromatic rings. The lowest BCUT2D eigenvalue weighted by Crippen LogP contribution is -2.53. The molecule has 6 heteroatoms. The lowest BCUT2D eigenvalue weighted by Gasteiger charge is -2.39. The number of hydrogen-bond acceptors (Lipinski definition) is 4. The van der Waals surface area contributed by atoms with Crippen molar-refractivity contribution >= 4 is 20.3 Å². The minimum atomic E-state index is -2.16. The van der Waals surface area contributed by atoms with Gasteiger partial charge in [0.2, 0.25) is 0 Å². The van der Waals surface area contributed by atoms with Crippen molar-refractivity contribution < 1.29 is 23.9 Å². The molecule has 0 saturated carbocycles. The lowest BCUT2D eigenvalue weighted by molar-refractivity contribution is -0.165. The van der Waals surface area contributed by atoms with Gasteiger partial charge in [0.1, 0.15) is 0 Å². The SMILES string of the molecule is CC[Si](CC)(CC)OC(CCC(C)C)(CC(=O)OC)C(=O)O. The second-order valence-electron chi connectivity index (χ2n) is 6.33. The summed E-state index contributed by atoms with van der Waals surface area (Å²) < 4.78 is 11.0. The Balaban J connectivity index is 5.59. The van der Waals surface area contributed by atoms with E-state index in [9.17, 15) is 14.7 Å². The number of carbonyl (C=O) groups is 2. The maximum Gasteiger partial charge on any atom is 0.335 e. The van der Waals surface area contributed by atoms with E-state index in [4.69, 9.17) is 9.16 Å². The van der Waals surface area contributed by atoms with Gasteiger partial charge in [0.25, 0.3) is 0 Å². The molecule has 1 N–H and O–H groups in total. The van der Waals surface area contributed by atoms with Crippen LogP contribution in [0.3, 0.4) is 0 Å². The molecule has 22 heavy (non-hydrogen) atoms. The number of rotatable bonds is 11. The van der Waals surface area contributed by atoms with Gasteiger partial charge >= 0.3 is 11.9 Å². The molecule has 0 aliphatic heterocycles. The summed E-state index contributed by atoms with van der Waals surface area (Å²) in [6.07, 6.45) is 0.815. The van der Waals surface area contributed by atoms with Crippen molar-refractivity contribution in [1.82, 2.24) is 0 Å². The molecular formula is C16H32O5Si. The summed E-state index contributed by atoms with van der Waals surface area (Å²) in [6, 6.07) is 2.54. The van der Waals surface area contributed by atoms with E-state index in [1.54, 1.807) is 0 Å². The Labute approximate surface area is 135 Å². The average molecular weight is 333 g/mol. The van der Waals surface area contributed by atoms with Gasteiger partial charge in [-0.3, -0.25) is 4.79 Å². The van der Waals surface area contributed by atoms with Gasteiger partial charge in [0.05, 0.1) is 13.5 Å². The van der Waals surface area contributed by atoms with Gasteiger partial charge in [-0.1, -0.05) is 34.6 Å². The van der Waals surface area contributed by atoms with Crippen LogP contribution >= 0.6 is 0 Å². The number of methoxy groups -OCH3 is 1. The Morgan fingerprint density at radius 3 is 1.95 bits per heavy atom. The zero-order chi connectivity index (χ0) is 17.4. The quantitative estimate of drug-likeness (QED) is 0.460. The molecule has 0 rings (SSSR count). The Morgan fingerprint density at radius 1 is 1.14 bits per heavy atom. The third-order valence-corrected chi connectivity index (χ3v) is 9.21. The van der Waals surface area contributed by atoms with E-state index >= 15 is 0 Å². The van der Waals surface area contributed by atoms with Crippen molar-refractivity contribution in [1.29, 1.82) is 0 Å². The molecule has 0 aliphatic carbocycles. The molecule has 1 atom stereocenters. The Kier molecular flexibility index (Phi) is 8.93. The van der Waals surface area contributed by atoms with E-state index in [-0.39, 0.29) is 6.42 Å². The molecule has 0 radical (unpaired) electrons. The van der Waals surface area contributed by atoms with E-state index in [2.05, 4.69) is 0 Å². The van der Waals surface area contributed by atoms with Gasteiger partial charge in [-0.05, 0) is 36.9 Å². The monoisotopic (exact) mass is 332 g/mol. The minimum Gasteiger partial charge on any atom is -0.479 e. The van der Waals surface area contributed by atoms with Gasteiger partial charge in [0.15, 0.2) is 13.9 Å². The summed E-state index contributed by atoms with van der Waals surface area (Å²) in [5.74, 6) is -1.23. The van der Waals surface area contributed by atoms with Crippen LogP contribution in [-0.2, 0) is 18.8 Å². The molecule has 0 heterocycles. The van der Waals surface area contributed by atoms with Gasteiger partial charge in [-0.2, -0.15) is 0 Å². The third-order valence-electron chi connectivity index (χ3n) is 4.52. The van der Waals surface area contributed by atoms with Crippen LogP contribution in [0.5, 0.6) is 0 Å². The summed E-state index contributed by atoms with van der Waals surface area (Å²) in [6.45, 7) is 10.2. The molecule has 0 spiro atoms. The molecule has 1 unspecified atom stereocenters. The van der Waals surface area contributed by atoms with Crippen molar-refractivity contribution in [2.24, 2.45) is 5.92 Å². The van der Waals surface area contributed by atoms with Crippen molar-refractivity contribution in [3.05, 3.63) is 0 Å². The van der Waals surface area contributed by atoms with Gasteiger partial charge in [0, 0.05) is 0 Å². The van der Waals surface area contributed by atoms with E-state index in [1.165, 1.54) is 7.11 Å². The topological polar surface area (TPSA) is 72.8 Å². The van der Waals surface area contributed by atoms with E-state index in [0.29, 0.717) is 18.8 Å². The van der Waals surface area contributed by atoms with Crippen molar-refractivity contribution in [3.8, 4) is 0 Å². The van der Waals surface area contributed by atoms with Crippen molar-refractivity contribution in [2.75, 3.05) is 7.11 Å². The summed E-state index contributed by atoms with van der Waals surface area (Å²) in [4.78, 5) is 23.8. The Morgan fingerprint density at radius 2 is 1.64 bits per heavy atom. The van der Waals surface area contributed by atoms with Crippen LogP contribution in [0.15, 0.2) is 0 Å². The Bertz CT molecular complexity index is 357. The highest BCUT2D eigenvalue weighted by atomic mass is 28.4. The van der Waals surface area contributed by atoms with Crippen molar-refractivity contribution in [3.63, 3.8) is 0 Å². The van der Waals surface area contributed by atoms with Crippen LogP contribution < -0.4 is 0 Å². The summed E-state index contributed by atoms with van der Waals surface area (Å²) in [5, 5.41) is 9.82. The number of ether oxygens (including phenoxy) is 1. The molecule has 0 bridgehead atoms. The van der Waals surface area contributed by atoms with Crippen LogP contribution in [0.1, 0.15) is 53.9 Å². The summed E-state index contributed by atoms with van der Waals surface area (Å²) in [5.41, 5.74) is -1.45.